The normalized spacial score (nSPS) is 18.0. The highest BCUT2D eigenvalue weighted by atomic mass is 19.1. The van der Waals surface area contributed by atoms with E-state index in [9.17, 15) is 18.8 Å². The molecule has 6 bridgehead atoms. The minimum Gasteiger partial charge on any atom is -0.496 e. The summed E-state index contributed by atoms with van der Waals surface area (Å²) in [6, 6.07) is 19.7. The van der Waals surface area contributed by atoms with Crippen molar-refractivity contribution in [3.63, 3.8) is 0 Å². The molecule has 2 N–H and O–H groups in total. The van der Waals surface area contributed by atoms with E-state index in [4.69, 9.17) is 14.2 Å². The molecule has 4 aromatic rings. The number of likely N-dealkylation sites (N-methyl/N-ethyl adjacent to an activating group) is 1. The standard InChI is InChI=1S/C37H38FN5O6/c1-42(20-24-5-4-11-39-18-24)22-36(45)43-12-10-34-32(21-43)41-37(46)27-8-9-33(47-2)31(16-27)26-6-3-7-29(15-26)48-23-35(44)40-19-25-13-28(38)17-30(14-25)49-34/h3-9,11,13-18,32,34H,10,12,19-23H2,1-2H3,(H,40,44)(H,41,46)/t32-,34-/m1/s1. The van der Waals surface area contributed by atoms with E-state index < -0.39 is 18.0 Å². The predicted molar refractivity (Wildman–Crippen MR) is 180 cm³/mol. The second kappa shape index (κ2) is 15.2. The molecule has 3 heterocycles. The molecular formula is C37H38FN5O6. The van der Waals surface area contributed by atoms with Gasteiger partial charge in [0.05, 0.1) is 19.7 Å². The van der Waals surface area contributed by atoms with E-state index in [0.717, 1.165) is 11.1 Å². The number of aromatic nitrogens is 1. The molecule has 11 nitrogen and oxygen atoms in total. The lowest BCUT2D eigenvalue weighted by Gasteiger charge is -2.39. The van der Waals surface area contributed by atoms with Crippen LogP contribution in [0.3, 0.4) is 0 Å². The van der Waals surface area contributed by atoms with Gasteiger partial charge >= 0.3 is 0 Å². The van der Waals surface area contributed by atoms with E-state index in [2.05, 4.69) is 15.6 Å². The molecule has 49 heavy (non-hydrogen) atoms. The Kier molecular flexibility index (Phi) is 10.3. The van der Waals surface area contributed by atoms with Crippen molar-refractivity contribution in [2.75, 3.05) is 40.4 Å². The zero-order chi connectivity index (χ0) is 34.3. The lowest BCUT2D eigenvalue weighted by Crippen LogP contribution is -2.59. The summed E-state index contributed by atoms with van der Waals surface area (Å²) in [7, 11) is 3.42. The van der Waals surface area contributed by atoms with Crippen LogP contribution in [0.5, 0.6) is 17.2 Å². The van der Waals surface area contributed by atoms with Crippen LogP contribution in [0.15, 0.2) is 85.2 Å². The number of hydrogen-bond donors (Lipinski definition) is 2. The fourth-order valence-corrected chi connectivity index (χ4v) is 6.07. The summed E-state index contributed by atoms with van der Waals surface area (Å²) < 4.78 is 32.4. The van der Waals surface area contributed by atoms with E-state index in [1.807, 2.05) is 30.1 Å². The van der Waals surface area contributed by atoms with Crippen molar-refractivity contribution in [3.8, 4) is 28.4 Å². The number of hydrogen-bond acceptors (Lipinski definition) is 8. The molecule has 0 unspecified atom stereocenters. The summed E-state index contributed by atoms with van der Waals surface area (Å²) in [5, 5.41) is 5.86. The molecule has 6 rings (SSSR count). The molecule has 12 heteroatoms. The Labute approximate surface area is 284 Å². The van der Waals surface area contributed by atoms with Gasteiger partial charge < -0.3 is 29.7 Å². The summed E-state index contributed by atoms with van der Waals surface area (Å²) in [5.41, 5.74) is 3.23. The topological polar surface area (TPSA) is 122 Å². The third-order valence-corrected chi connectivity index (χ3v) is 8.48. The van der Waals surface area contributed by atoms with Gasteiger partial charge in [0.25, 0.3) is 11.8 Å². The number of methoxy groups -OCH3 is 1. The van der Waals surface area contributed by atoms with Gasteiger partial charge in [-0.3, -0.25) is 24.3 Å². The van der Waals surface area contributed by atoms with Gasteiger partial charge in [-0.2, -0.15) is 0 Å². The number of nitrogens with zero attached hydrogens (tertiary/aromatic N) is 3. The van der Waals surface area contributed by atoms with Crippen LogP contribution in [-0.2, 0) is 22.7 Å². The molecule has 1 fully saturated rings. The van der Waals surface area contributed by atoms with E-state index in [0.29, 0.717) is 47.7 Å². The average molecular weight is 668 g/mol. The maximum absolute atomic E-state index is 14.8. The highest BCUT2D eigenvalue weighted by Crippen LogP contribution is 2.33. The van der Waals surface area contributed by atoms with Crippen LogP contribution < -0.4 is 24.8 Å². The van der Waals surface area contributed by atoms with E-state index in [-0.39, 0.29) is 49.7 Å². The van der Waals surface area contributed by atoms with Crippen molar-refractivity contribution in [3.05, 3.63) is 108 Å². The summed E-state index contributed by atoms with van der Waals surface area (Å²) >= 11 is 0. The number of halogens is 1. The number of piperidine rings is 1. The molecule has 2 aliphatic heterocycles. The quantitative estimate of drug-likeness (QED) is 0.330. The second-order valence-electron chi connectivity index (χ2n) is 12.2. The molecule has 3 amide bonds. The van der Waals surface area contributed by atoms with Crippen molar-refractivity contribution >= 4 is 17.7 Å². The zero-order valence-corrected chi connectivity index (χ0v) is 27.4. The van der Waals surface area contributed by atoms with Crippen molar-refractivity contribution in [2.45, 2.75) is 31.7 Å². The maximum Gasteiger partial charge on any atom is 0.258 e. The number of carbonyl (C=O) groups excluding carboxylic acids is 3. The molecule has 1 saturated heterocycles. The maximum atomic E-state index is 14.8. The molecule has 1 aromatic heterocycles. The van der Waals surface area contributed by atoms with Gasteiger partial charge in [0.15, 0.2) is 6.61 Å². The molecule has 2 atom stereocenters. The highest BCUT2D eigenvalue weighted by Gasteiger charge is 2.35. The van der Waals surface area contributed by atoms with Crippen molar-refractivity contribution in [1.82, 2.24) is 25.4 Å². The third-order valence-electron chi connectivity index (χ3n) is 8.48. The minimum atomic E-state index is -0.621. The smallest absolute Gasteiger partial charge is 0.258 e. The Bertz CT molecular complexity index is 1820. The van der Waals surface area contributed by atoms with Gasteiger partial charge in [-0.05, 0) is 72.3 Å². The number of ether oxygens (including phenoxy) is 3. The molecule has 2 aliphatic rings. The van der Waals surface area contributed by atoms with Crippen LogP contribution in [0.1, 0.15) is 27.9 Å². The number of carbonyl (C=O) groups is 3. The Morgan fingerprint density at radius 3 is 2.76 bits per heavy atom. The molecular weight excluding hydrogens is 629 g/mol. The highest BCUT2D eigenvalue weighted by molar-refractivity contribution is 5.96. The van der Waals surface area contributed by atoms with Gasteiger partial charge in [-0.25, -0.2) is 4.39 Å². The average Bonchev–Trinajstić information content (AvgIpc) is 3.10. The minimum absolute atomic E-state index is 0.0546. The molecule has 3 aromatic carbocycles. The number of nitrogens with one attached hydrogen (secondary N) is 2. The SMILES string of the molecule is COc1ccc2cc1-c1cccc(c1)OCC(=O)NCc1cc(F)cc(c1)O[C@@H]1CCN(C(=O)CN(C)Cc3cccnc3)C[C@H]1NC2=O. The van der Waals surface area contributed by atoms with Crippen LogP contribution in [0.25, 0.3) is 11.1 Å². The number of amides is 3. The Hall–Kier alpha value is -5.49. The molecule has 0 aliphatic carbocycles. The molecule has 0 saturated carbocycles. The van der Waals surface area contributed by atoms with Crippen LogP contribution >= 0.6 is 0 Å². The Morgan fingerprint density at radius 1 is 1.06 bits per heavy atom. The van der Waals surface area contributed by atoms with E-state index >= 15 is 0 Å². The van der Waals surface area contributed by atoms with Crippen molar-refractivity contribution in [1.29, 1.82) is 0 Å². The fraction of sp³-hybridized carbons (Fsp3) is 0.297. The third kappa shape index (κ3) is 8.52. The first-order valence-electron chi connectivity index (χ1n) is 16.0. The van der Waals surface area contributed by atoms with Crippen LogP contribution in [-0.4, -0.2) is 85.0 Å². The summed E-state index contributed by atoms with van der Waals surface area (Å²) in [4.78, 5) is 47.8. The number of pyridine rings is 1. The second-order valence-corrected chi connectivity index (χ2v) is 12.2. The summed E-state index contributed by atoms with van der Waals surface area (Å²) in [6.07, 6.45) is 3.29. The first-order valence-corrected chi connectivity index (χ1v) is 16.0. The van der Waals surface area contributed by atoms with Crippen molar-refractivity contribution < 1.29 is 33.0 Å². The van der Waals surface area contributed by atoms with Gasteiger partial charge in [-0.1, -0.05) is 18.2 Å². The zero-order valence-electron chi connectivity index (χ0n) is 27.4. The lowest BCUT2D eigenvalue weighted by molar-refractivity contribution is -0.134. The first-order chi connectivity index (χ1) is 23.7. The van der Waals surface area contributed by atoms with E-state index in [1.165, 1.54) is 12.1 Å². The lowest BCUT2D eigenvalue weighted by atomic mass is 9.99. The van der Waals surface area contributed by atoms with Gasteiger partial charge in [0, 0.05) is 62.2 Å². The van der Waals surface area contributed by atoms with Crippen LogP contribution in [0, 0.1) is 5.82 Å². The predicted octanol–water partition coefficient (Wildman–Crippen LogP) is 3.82. The summed E-state index contributed by atoms with van der Waals surface area (Å²) in [6.45, 7) is 1.11. The Morgan fingerprint density at radius 2 is 1.94 bits per heavy atom. The van der Waals surface area contributed by atoms with Crippen LogP contribution in [0.4, 0.5) is 4.39 Å². The van der Waals surface area contributed by atoms with Crippen molar-refractivity contribution in [2.24, 2.45) is 0 Å². The molecule has 0 spiro atoms. The number of rotatable bonds is 5. The Balaban J connectivity index is 1.29. The number of likely N-dealkylation sites (tertiary alicyclic amines) is 1. The van der Waals surface area contributed by atoms with Gasteiger partial charge in [0.2, 0.25) is 5.91 Å². The van der Waals surface area contributed by atoms with Gasteiger partial charge in [0.1, 0.15) is 29.2 Å². The largest absolute Gasteiger partial charge is 0.496 e. The molecule has 254 valence electrons. The number of fused-ring (bicyclic) bond motifs is 8. The van der Waals surface area contributed by atoms with Crippen LogP contribution in [0.2, 0.25) is 0 Å². The fourth-order valence-electron chi connectivity index (χ4n) is 6.07. The molecule has 0 radical (unpaired) electrons. The van der Waals surface area contributed by atoms with E-state index in [1.54, 1.807) is 66.9 Å². The first kappa shape index (κ1) is 33.4. The summed E-state index contributed by atoms with van der Waals surface area (Å²) in [5.74, 6) is -0.127. The monoisotopic (exact) mass is 667 g/mol. The van der Waals surface area contributed by atoms with Gasteiger partial charge in [-0.15, -0.1) is 0 Å². The number of benzene rings is 3.